The van der Waals surface area contributed by atoms with Crippen molar-refractivity contribution in [3.05, 3.63) is 96.6 Å². The third kappa shape index (κ3) is 8.86. The van der Waals surface area contributed by atoms with Crippen molar-refractivity contribution in [1.29, 1.82) is 0 Å². The highest BCUT2D eigenvalue weighted by atomic mass is 16.7. The van der Waals surface area contributed by atoms with Crippen LogP contribution in [0, 0.1) is 17.8 Å². The summed E-state index contributed by atoms with van der Waals surface area (Å²) in [6.45, 7) is 12.7. The molecule has 1 saturated carbocycles. The van der Waals surface area contributed by atoms with Crippen molar-refractivity contribution in [1.82, 2.24) is 0 Å². The molecular weight excluding hydrogens is 592 g/mol. The van der Waals surface area contributed by atoms with Gasteiger partial charge in [-0.3, -0.25) is 0 Å². The van der Waals surface area contributed by atoms with Crippen LogP contribution < -0.4 is 9.47 Å². The van der Waals surface area contributed by atoms with Crippen molar-refractivity contribution in [2.45, 2.75) is 58.7 Å². The molecule has 7 nitrogen and oxygen atoms in total. The van der Waals surface area contributed by atoms with E-state index in [1.165, 1.54) is 45.6 Å². The van der Waals surface area contributed by atoms with Crippen LogP contribution in [0.5, 0.6) is 11.5 Å². The van der Waals surface area contributed by atoms with Gasteiger partial charge in [0.15, 0.2) is 6.29 Å². The second-order valence-electron chi connectivity index (χ2n) is 12.8. The number of hydrogen-bond acceptors (Lipinski definition) is 7. The molecule has 1 heterocycles. The normalized spacial score (nSPS) is 21.1. The number of carbonyl (C=O) groups is 2. The molecule has 3 aromatic carbocycles. The average Bonchev–Trinajstić information content (AvgIpc) is 3.09. The van der Waals surface area contributed by atoms with Gasteiger partial charge in [0.05, 0.1) is 25.4 Å². The first-order valence-corrected chi connectivity index (χ1v) is 16.6. The lowest BCUT2D eigenvalue weighted by atomic mass is 9.75. The smallest absolute Gasteiger partial charge is 0.341 e. The average molecular weight is 639 g/mol. The van der Waals surface area contributed by atoms with Crippen molar-refractivity contribution in [3.63, 3.8) is 0 Å². The van der Waals surface area contributed by atoms with E-state index in [0.717, 1.165) is 33.7 Å². The lowest BCUT2D eigenvalue weighted by Gasteiger charge is -2.38. The second-order valence-corrected chi connectivity index (χ2v) is 12.8. The molecular formula is C40H46O7. The molecule has 0 aromatic heterocycles. The van der Waals surface area contributed by atoms with E-state index < -0.39 is 18.2 Å². The highest BCUT2D eigenvalue weighted by Crippen LogP contribution is 2.41. The van der Waals surface area contributed by atoms with Gasteiger partial charge in [0.2, 0.25) is 0 Å². The van der Waals surface area contributed by atoms with Gasteiger partial charge in [0, 0.05) is 24.2 Å². The number of rotatable bonds is 12. The van der Waals surface area contributed by atoms with Crippen LogP contribution in [0.25, 0.3) is 22.3 Å². The molecule has 5 rings (SSSR count). The second kappa shape index (κ2) is 16.2. The van der Waals surface area contributed by atoms with Gasteiger partial charge in [-0.1, -0.05) is 88.2 Å². The minimum Gasteiger partial charge on any atom is -0.423 e. The monoisotopic (exact) mass is 638 g/mol. The largest absolute Gasteiger partial charge is 0.423 e. The summed E-state index contributed by atoms with van der Waals surface area (Å²) in [6, 6.07) is 21.1. The van der Waals surface area contributed by atoms with Gasteiger partial charge in [-0.2, -0.15) is 0 Å². The zero-order valence-corrected chi connectivity index (χ0v) is 27.8. The first kappa shape index (κ1) is 34.3. The third-order valence-electron chi connectivity index (χ3n) is 9.22. The maximum atomic E-state index is 12.6. The molecule has 0 atom stereocenters. The molecule has 1 saturated heterocycles. The molecule has 0 bridgehead atoms. The van der Waals surface area contributed by atoms with Gasteiger partial charge in [0.25, 0.3) is 0 Å². The zero-order chi connectivity index (χ0) is 33.3. The Labute approximate surface area is 278 Å². The highest BCUT2D eigenvalue weighted by Gasteiger charge is 2.33. The van der Waals surface area contributed by atoms with Gasteiger partial charge in [-0.25, -0.2) is 9.59 Å². The Hall–Kier alpha value is -4.04. The molecule has 7 heteroatoms. The van der Waals surface area contributed by atoms with Gasteiger partial charge in [0.1, 0.15) is 11.5 Å². The number of benzene rings is 3. The van der Waals surface area contributed by atoms with Crippen molar-refractivity contribution >= 4 is 11.9 Å². The summed E-state index contributed by atoms with van der Waals surface area (Å²) in [4.78, 5) is 24.5. The van der Waals surface area contributed by atoms with Gasteiger partial charge in [-0.05, 0) is 78.1 Å². The summed E-state index contributed by atoms with van der Waals surface area (Å²) < 4.78 is 28.9. The van der Waals surface area contributed by atoms with Gasteiger partial charge >= 0.3 is 11.9 Å². The topological polar surface area (TPSA) is 80.3 Å². The van der Waals surface area contributed by atoms with E-state index in [2.05, 4.69) is 32.2 Å². The molecule has 248 valence electrons. The van der Waals surface area contributed by atoms with Crippen LogP contribution in [-0.2, 0) is 23.8 Å². The van der Waals surface area contributed by atoms with E-state index in [-0.39, 0.29) is 12.2 Å². The van der Waals surface area contributed by atoms with Crippen LogP contribution in [0.15, 0.2) is 91.0 Å². The molecule has 0 radical (unpaired) electrons. The molecule has 47 heavy (non-hydrogen) atoms. The van der Waals surface area contributed by atoms with E-state index >= 15 is 0 Å². The minimum atomic E-state index is -0.590. The Morgan fingerprint density at radius 2 is 1.34 bits per heavy atom. The lowest BCUT2D eigenvalue weighted by molar-refractivity contribution is -0.214. The number of methoxy groups -OCH3 is 1. The number of carbonyl (C=O) groups excluding carboxylic acids is 2. The highest BCUT2D eigenvalue weighted by molar-refractivity contribution is 5.90. The summed E-state index contributed by atoms with van der Waals surface area (Å²) in [5, 5.41) is 0. The van der Waals surface area contributed by atoms with E-state index in [1.54, 1.807) is 25.1 Å². The van der Waals surface area contributed by atoms with Crippen molar-refractivity contribution < 1.29 is 33.3 Å². The van der Waals surface area contributed by atoms with Crippen molar-refractivity contribution in [3.8, 4) is 33.8 Å². The lowest BCUT2D eigenvalue weighted by Crippen LogP contribution is -2.34. The number of esters is 2. The van der Waals surface area contributed by atoms with Crippen LogP contribution >= 0.6 is 0 Å². The predicted octanol–water partition coefficient (Wildman–Crippen LogP) is 8.88. The Balaban J connectivity index is 1.33. The summed E-state index contributed by atoms with van der Waals surface area (Å²) >= 11 is 0. The summed E-state index contributed by atoms with van der Waals surface area (Å²) in [5.41, 5.74) is 5.28. The van der Waals surface area contributed by atoms with E-state index in [4.69, 9.17) is 23.7 Å². The Bertz CT molecular complexity index is 1540. The first-order chi connectivity index (χ1) is 22.7. The maximum absolute atomic E-state index is 12.6. The summed E-state index contributed by atoms with van der Waals surface area (Å²) in [7, 11) is 1.51. The maximum Gasteiger partial charge on any atom is 0.341 e. The quantitative estimate of drug-likeness (QED) is 0.111. The fourth-order valence-electron chi connectivity index (χ4n) is 6.55. The summed E-state index contributed by atoms with van der Waals surface area (Å²) in [5.74, 6) is 1.73. The zero-order valence-electron chi connectivity index (χ0n) is 27.8. The van der Waals surface area contributed by atoms with E-state index in [0.29, 0.717) is 42.1 Å². The standard InChI is InChI=1S/C40H46O7/c1-6-7-28-8-10-31(11-9-28)33-24-44-40(45-25-33)37-22-35(47-39(42)27(4)23-43-5)20-21-36(37)32-14-12-29(13-15-32)30-16-18-34(19-17-30)46-38(41)26(2)3/h12-22,28,31,33,40H,2,4,6-11,23-25H2,1,3,5H3. The number of hydrogen-bond donors (Lipinski definition) is 0. The van der Waals surface area contributed by atoms with Crippen molar-refractivity contribution in [2.75, 3.05) is 26.9 Å². The summed E-state index contributed by atoms with van der Waals surface area (Å²) in [6.07, 6.45) is 7.07. The Morgan fingerprint density at radius 3 is 1.94 bits per heavy atom. The van der Waals surface area contributed by atoms with Crippen LogP contribution in [0.3, 0.4) is 0 Å². The molecule has 2 fully saturated rings. The minimum absolute atomic E-state index is 0.0923. The molecule has 0 unspecified atom stereocenters. The van der Waals surface area contributed by atoms with Crippen molar-refractivity contribution in [2.24, 2.45) is 17.8 Å². The van der Waals surface area contributed by atoms with Crippen LogP contribution in [0.1, 0.15) is 64.2 Å². The molecule has 1 aliphatic heterocycles. The predicted molar refractivity (Wildman–Crippen MR) is 183 cm³/mol. The SMILES string of the molecule is C=C(C)C(=O)Oc1ccc(-c2ccc(-c3ccc(OC(=O)C(=C)COC)cc3C3OCC(C4CCC(CCC)CC4)CO3)cc2)cc1. The van der Waals surface area contributed by atoms with Crippen LogP contribution in [0.4, 0.5) is 0 Å². The van der Waals surface area contributed by atoms with Gasteiger partial charge in [-0.15, -0.1) is 0 Å². The van der Waals surface area contributed by atoms with E-state index in [1.807, 2.05) is 36.4 Å². The molecule has 0 spiro atoms. The molecule has 1 aliphatic carbocycles. The van der Waals surface area contributed by atoms with E-state index in [9.17, 15) is 9.59 Å². The molecule has 2 aliphatic rings. The first-order valence-electron chi connectivity index (χ1n) is 16.6. The van der Waals surface area contributed by atoms with Crippen LogP contribution in [-0.4, -0.2) is 38.9 Å². The molecule has 0 amide bonds. The fraction of sp³-hybridized carbons (Fsp3) is 0.400. The third-order valence-corrected chi connectivity index (χ3v) is 9.22. The Kier molecular flexibility index (Phi) is 11.8. The van der Waals surface area contributed by atoms with Gasteiger partial charge < -0.3 is 23.7 Å². The van der Waals surface area contributed by atoms with Crippen LogP contribution in [0.2, 0.25) is 0 Å². The molecule has 0 N–H and O–H groups in total. The number of ether oxygens (including phenoxy) is 5. The molecule has 3 aromatic rings. The Morgan fingerprint density at radius 1 is 0.766 bits per heavy atom. The fourth-order valence-corrected chi connectivity index (χ4v) is 6.55.